The van der Waals surface area contributed by atoms with Crippen molar-refractivity contribution in [2.24, 2.45) is 0 Å². The van der Waals surface area contributed by atoms with Gasteiger partial charge in [-0.1, -0.05) is 0 Å². The fraction of sp³-hybridized carbons (Fsp3) is 0.636. The molecule has 1 saturated heterocycles. The van der Waals surface area contributed by atoms with E-state index in [1.807, 2.05) is 6.07 Å². The summed E-state index contributed by atoms with van der Waals surface area (Å²) in [6.07, 6.45) is 1.46. The number of ether oxygens (including phenoxy) is 1. The summed E-state index contributed by atoms with van der Waals surface area (Å²) in [7, 11) is 1.60. The van der Waals surface area contributed by atoms with Crippen LogP contribution in [0.1, 0.15) is 0 Å². The Morgan fingerprint density at radius 2 is 2.29 bits per heavy atom. The molecular formula is C11H18N4O2. The van der Waals surface area contributed by atoms with Crippen molar-refractivity contribution in [2.45, 2.75) is 0 Å². The zero-order valence-electron chi connectivity index (χ0n) is 10.0. The van der Waals surface area contributed by atoms with E-state index in [0.29, 0.717) is 26.2 Å². The number of nitriles is 1. The van der Waals surface area contributed by atoms with Gasteiger partial charge in [-0.05, 0) is 0 Å². The highest BCUT2D eigenvalue weighted by atomic mass is 16.5. The highest BCUT2D eigenvalue weighted by molar-refractivity contribution is 5.97. The lowest BCUT2D eigenvalue weighted by Gasteiger charge is -2.27. The molecule has 0 radical (unpaired) electrons. The van der Waals surface area contributed by atoms with Crippen LogP contribution in [0, 0.1) is 11.3 Å². The van der Waals surface area contributed by atoms with Crippen LogP contribution in [0.15, 0.2) is 11.8 Å². The van der Waals surface area contributed by atoms with Crippen LogP contribution in [-0.4, -0.2) is 57.2 Å². The summed E-state index contributed by atoms with van der Waals surface area (Å²) in [6.45, 7) is 3.97. The minimum Gasteiger partial charge on any atom is -0.387 e. The molecule has 1 aliphatic rings. The first-order valence-electron chi connectivity index (χ1n) is 5.62. The van der Waals surface area contributed by atoms with Gasteiger partial charge in [-0.15, -0.1) is 0 Å². The second kappa shape index (κ2) is 7.65. The maximum absolute atomic E-state index is 11.9. The van der Waals surface area contributed by atoms with Crippen LogP contribution >= 0.6 is 0 Å². The fourth-order valence-corrected chi connectivity index (χ4v) is 1.52. The molecule has 0 aliphatic carbocycles. The van der Waals surface area contributed by atoms with Crippen molar-refractivity contribution in [1.82, 2.24) is 15.5 Å². The van der Waals surface area contributed by atoms with Gasteiger partial charge < -0.3 is 20.3 Å². The van der Waals surface area contributed by atoms with Crippen LogP contribution in [0.25, 0.3) is 0 Å². The minimum atomic E-state index is -0.209. The van der Waals surface area contributed by atoms with E-state index in [2.05, 4.69) is 10.6 Å². The SMILES string of the molecule is COCCN/C=C(/C#N)C(=O)N1CCNCC1. The van der Waals surface area contributed by atoms with Crippen LogP contribution in [0.3, 0.4) is 0 Å². The van der Waals surface area contributed by atoms with E-state index in [0.717, 1.165) is 13.1 Å². The van der Waals surface area contributed by atoms with Gasteiger partial charge in [0.15, 0.2) is 0 Å². The van der Waals surface area contributed by atoms with E-state index in [1.165, 1.54) is 6.20 Å². The highest BCUT2D eigenvalue weighted by Gasteiger charge is 2.19. The van der Waals surface area contributed by atoms with Crippen molar-refractivity contribution in [3.8, 4) is 6.07 Å². The van der Waals surface area contributed by atoms with E-state index in [4.69, 9.17) is 10.00 Å². The number of nitrogens with zero attached hydrogens (tertiary/aromatic N) is 2. The molecule has 1 fully saturated rings. The number of methoxy groups -OCH3 is 1. The molecule has 2 N–H and O–H groups in total. The van der Waals surface area contributed by atoms with Gasteiger partial charge in [-0.25, -0.2) is 0 Å². The second-order valence-corrected chi connectivity index (χ2v) is 3.66. The predicted octanol–water partition coefficient (Wildman–Crippen LogP) is -0.938. The molecule has 0 spiro atoms. The molecule has 0 unspecified atom stereocenters. The van der Waals surface area contributed by atoms with Gasteiger partial charge in [0.2, 0.25) is 0 Å². The molecule has 0 bridgehead atoms. The van der Waals surface area contributed by atoms with Gasteiger partial charge in [-0.2, -0.15) is 5.26 Å². The average Bonchev–Trinajstić information content (AvgIpc) is 2.39. The van der Waals surface area contributed by atoms with Crippen molar-refractivity contribution in [3.05, 3.63) is 11.8 Å². The third kappa shape index (κ3) is 4.43. The molecule has 0 saturated carbocycles. The first-order chi connectivity index (χ1) is 8.29. The quantitative estimate of drug-likeness (QED) is 0.367. The Kier molecular flexibility index (Phi) is 6.07. The number of hydrogen-bond acceptors (Lipinski definition) is 5. The normalized spacial score (nSPS) is 16.5. The van der Waals surface area contributed by atoms with E-state index in [9.17, 15) is 4.79 Å². The number of piperazine rings is 1. The van der Waals surface area contributed by atoms with E-state index in [1.54, 1.807) is 12.0 Å². The van der Waals surface area contributed by atoms with Crippen molar-refractivity contribution >= 4 is 5.91 Å². The number of nitrogens with one attached hydrogen (secondary N) is 2. The van der Waals surface area contributed by atoms with Crippen molar-refractivity contribution in [1.29, 1.82) is 5.26 Å². The lowest BCUT2D eigenvalue weighted by molar-refractivity contribution is -0.127. The molecule has 94 valence electrons. The number of amides is 1. The summed E-state index contributed by atoms with van der Waals surface area (Å²) in [5.74, 6) is -0.209. The smallest absolute Gasteiger partial charge is 0.266 e. The Balaban J connectivity index is 2.48. The number of rotatable bonds is 5. The monoisotopic (exact) mass is 238 g/mol. The highest BCUT2D eigenvalue weighted by Crippen LogP contribution is 2.01. The molecule has 6 heteroatoms. The Hall–Kier alpha value is -1.58. The first kappa shape index (κ1) is 13.5. The molecule has 17 heavy (non-hydrogen) atoms. The summed E-state index contributed by atoms with van der Waals surface area (Å²) < 4.78 is 4.86. The first-order valence-corrected chi connectivity index (χ1v) is 5.62. The predicted molar refractivity (Wildman–Crippen MR) is 63.0 cm³/mol. The van der Waals surface area contributed by atoms with Gasteiger partial charge in [-0.3, -0.25) is 4.79 Å². The molecule has 6 nitrogen and oxygen atoms in total. The summed E-state index contributed by atoms with van der Waals surface area (Å²) in [5, 5.41) is 15.0. The summed E-state index contributed by atoms with van der Waals surface area (Å²) in [5.41, 5.74) is 0.142. The van der Waals surface area contributed by atoms with Crippen molar-refractivity contribution in [2.75, 3.05) is 46.4 Å². The zero-order chi connectivity index (χ0) is 12.5. The average molecular weight is 238 g/mol. The molecular weight excluding hydrogens is 220 g/mol. The summed E-state index contributed by atoms with van der Waals surface area (Å²) in [4.78, 5) is 13.6. The summed E-state index contributed by atoms with van der Waals surface area (Å²) >= 11 is 0. The Bertz CT molecular complexity index is 316. The molecule has 0 aromatic carbocycles. The van der Waals surface area contributed by atoms with Crippen LogP contribution in [0.5, 0.6) is 0 Å². The van der Waals surface area contributed by atoms with Crippen LogP contribution in [0.4, 0.5) is 0 Å². The number of carbonyl (C=O) groups excluding carboxylic acids is 1. The van der Waals surface area contributed by atoms with Gasteiger partial charge in [0.05, 0.1) is 6.61 Å². The van der Waals surface area contributed by atoms with Crippen LogP contribution in [-0.2, 0) is 9.53 Å². The lowest BCUT2D eigenvalue weighted by Crippen LogP contribution is -2.46. The standard InChI is InChI=1S/C11H18N4O2/c1-17-7-4-14-9-10(8-12)11(16)15-5-2-13-3-6-15/h9,13-14H,2-7H2,1H3/b10-9-. The Labute approximate surface area is 101 Å². The number of hydrogen-bond donors (Lipinski definition) is 2. The molecule has 1 aliphatic heterocycles. The Morgan fingerprint density at radius 3 is 2.88 bits per heavy atom. The maximum atomic E-state index is 11.9. The molecule has 1 amide bonds. The van der Waals surface area contributed by atoms with Crippen molar-refractivity contribution < 1.29 is 9.53 Å². The largest absolute Gasteiger partial charge is 0.387 e. The van der Waals surface area contributed by atoms with Crippen molar-refractivity contribution in [3.63, 3.8) is 0 Å². The van der Waals surface area contributed by atoms with E-state index >= 15 is 0 Å². The van der Waals surface area contributed by atoms with Gasteiger partial charge in [0.1, 0.15) is 11.6 Å². The van der Waals surface area contributed by atoms with Crippen LogP contribution in [0.2, 0.25) is 0 Å². The van der Waals surface area contributed by atoms with E-state index < -0.39 is 0 Å². The zero-order valence-corrected chi connectivity index (χ0v) is 10.0. The Morgan fingerprint density at radius 1 is 1.59 bits per heavy atom. The lowest BCUT2D eigenvalue weighted by atomic mass is 10.2. The third-order valence-electron chi connectivity index (χ3n) is 2.45. The second-order valence-electron chi connectivity index (χ2n) is 3.66. The fourth-order valence-electron chi connectivity index (χ4n) is 1.52. The maximum Gasteiger partial charge on any atom is 0.266 e. The van der Waals surface area contributed by atoms with E-state index in [-0.39, 0.29) is 11.5 Å². The minimum absolute atomic E-state index is 0.142. The van der Waals surface area contributed by atoms with Gasteiger partial charge >= 0.3 is 0 Å². The molecule has 0 aromatic heterocycles. The molecule has 0 aromatic rings. The molecule has 1 heterocycles. The topological polar surface area (TPSA) is 77.4 Å². The van der Waals surface area contributed by atoms with Gasteiger partial charge in [0.25, 0.3) is 5.91 Å². The number of carbonyl (C=O) groups is 1. The van der Waals surface area contributed by atoms with Gasteiger partial charge in [0, 0.05) is 46.0 Å². The molecule has 0 atom stereocenters. The summed E-state index contributed by atoms with van der Waals surface area (Å²) in [6, 6.07) is 1.92. The molecule has 1 rings (SSSR count). The van der Waals surface area contributed by atoms with Crippen LogP contribution < -0.4 is 10.6 Å². The third-order valence-corrected chi connectivity index (χ3v) is 2.45.